The first-order chi connectivity index (χ1) is 7.16. The van der Waals surface area contributed by atoms with E-state index >= 15 is 0 Å². The lowest BCUT2D eigenvalue weighted by Gasteiger charge is -1.94. The number of nitro groups is 1. The van der Waals surface area contributed by atoms with Crippen molar-refractivity contribution in [3.63, 3.8) is 0 Å². The Balaban J connectivity index is 2.45. The monoisotopic (exact) mass is 205 g/mol. The van der Waals surface area contributed by atoms with Crippen molar-refractivity contribution in [2.75, 3.05) is 5.73 Å². The molecule has 0 saturated heterocycles. The Morgan fingerprint density at radius 3 is 2.87 bits per heavy atom. The minimum atomic E-state index is -0.465. The van der Waals surface area contributed by atoms with Crippen LogP contribution in [-0.2, 0) is 0 Å². The van der Waals surface area contributed by atoms with Crippen LogP contribution in [0.3, 0.4) is 0 Å². The van der Waals surface area contributed by atoms with Crippen LogP contribution in [0.15, 0.2) is 34.9 Å². The van der Waals surface area contributed by atoms with Crippen LogP contribution in [0.4, 0.5) is 11.7 Å². The minimum Gasteiger partial charge on any atom is -0.432 e. The SMILES string of the molecule is Nc1nc(-c2cccc([N+](=O)[O-])c2)co1. The molecule has 2 N–H and O–H groups in total. The summed E-state index contributed by atoms with van der Waals surface area (Å²) < 4.78 is 4.82. The number of aromatic nitrogens is 1. The highest BCUT2D eigenvalue weighted by molar-refractivity contribution is 5.62. The van der Waals surface area contributed by atoms with Crippen molar-refractivity contribution in [2.24, 2.45) is 0 Å². The summed E-state index contributed by atoms with van der Waals surface area (Å²) in [4.78, 5) is 13.9. The Labute approximate surface area is 84.5 Å². The smallest absolute Gasteiger partial charge is 0.292 e. The highest BCUT2D eigenvalue weighted by atomic mass is 16.6. The van der Waals surface area contributed by atoms with Crippen molar-refractivity contribution in [3.05, 3.63) is 40.6 Å². The van der Waals surface area contributed by atoms with E-state index in [1.165, 1.54) is 18.4 Å². The largest absolute Gasteiger partial charge is 0.432 e. The molecule has 15 heavy (non-hydrogen) atoms. The normalized spacial score (nSPS) is 10.1. The molecule has 2 rings (SSSR count). The summed E-state index contributed by atoms with van der Waals surface area (Å²) in [5.74, 6) is 0. The fourth-order valence-corrected chi connectivity index (χ4v) is 1.20. The lowest BCUT2D eigenvalue weighted by molar-refractivity contribution is -0.384. The molecule has 0 radical (unpaired) electrons. The molecule has 0 aliphatic rings. The predicted octanol–water partition coefficient (Wildman–Crippen LogP) is 1.83. The van der Waals surface area contributed by atoms with Gasteiger partial charge in [0.2, 0.25) is 0 Å². The molecule has 1 aromatic heterocycles. The van der Waals surface area contributed by atoms with Gasteiger partial charge in [0.15, 0.2) is 0 Å². The Hall–Kier alpha value is -2.37. The Morgan fingerprint density at radius 1 is 1.47 bits per heavy atom. The number of nitrogens with two attached hydrogens (primary N) is 1. The molecule has 0 atom stereocenters. The van der Waals surface area contributed by atoms with E-state index in [1.54, 1.807) is 12.1 Å². The summed E-state index contributed by atoms with van der Waals surface area (Å²) in [6.45, 7) is 0. The van der Waals surface area contributed by atoms with Crippen molar-refractivity contribution >= 4 is 11.7 Å². The number of benzene rings is 1. The molecule has 0 saturated carbocycles. The van der Waals surface area contributed by atoms with Gasteiger partial charge in [-0.1, -0.05) is 12.1 Å². The van der Waals surface area contributed by atoms with Gasteiger partial charge in [0.1, 0.15) is 12.0 Å². The molecule has 0 fully saturated rings. The first-order valence-corrected chi connectivity index (χ1v) is 4.12. The number of hydrogen-bond acceptors (Lipinski definition) is 5. The first-order valence-electron chi connectivity index (χ1n) is 4.12. The van der Waals surface area contributed by atoms with Crippen molar-refractivity contribution in [3.8, 4) is 11.3 Å². The van der Waals surface area contributed by atoms with Gasteiger partial charge in [0, 0.05) is 17.7 Å². The molecule has 0 amide bonds. The number of hydrogen-bond donors (Lipinski definition) is 1. The average Bonchev–Trinajstić information content (AvgIpc) is 2.65. The second kappa shape index (κ2) is 3.41. The zero-order chi connectivity index (χ0) is 10.8. The molecule has 0 aliphatic heterocycles. The van der Waals surface area contributed by atoms with Crippen molar-refractivity contribution in [1.82, 2.24) is 4.98 Å². The average molecular weight is 205 g/mol. The molecule has 1 heterocycles. The predicted molar refractivity (Wildman–Crippen MR) is 53.0 cm³/mol. The van der Waals surface area contributed by atoms with E-state index in [9.17, 15) is 10.1 Å². The lowest BCUT2D eigenvalue weighted by atomic mass is 10.1. The summed E-state index contributed by atoms with van der Waals surface area (Å²) in [5.41, 5.74) is 6.39. The molecule has 0 bridgehead atoms. The topological polar surface area (TPSA) is 95.2 Å². The standard InChI is InChI=1S/C9H7N3O3/c10-9-11-8(5-15-9)6-2-1-3-7(4-6)12(13)14/h1-5H,(H2,10,11). The Kier molecular flexibility index (Phi) is 2.09. The van der Waals surface area contributed by atoms with E-state index in [2.05, 4.69) is 4.98 Å². The summed E-state index contributed by atoms with van der Waals surface area (Å²) in [6, 6.07) is 6.14. The van der Waals surface area contributed by atoms with E-state index in [-0.39, 0.29) is 11.7 Å². The maximum absolute atomic E-state index is 10.5. The molecule has 1 aromatic carbocycles. The van der Waals surface area contributed by atoms with Gasteiger partial charge in [0.25, 0.3) is 11.7 Å². The fourth-order valence-electron chi connectivity index (χ4n) is 1.20. The van der Waals surface area contributed by atoms with Gasteiger partial charge in [0.05, 0.1) is 4.92 Å². The van der Waals surface area contributed by atoms with Crippen LogP contribution < -0.4 is 5.73 Å². The Morgan fingerprint density at radius 2 is 2.27 bits per heavy atom. The highest BCUT2D eigenvalue weighted by Gasteiger charge is 2.09. The van der Waals surface area contributed by atoms with Gasteiger partial charge in [-0.25, -0.2) is 0 Å². The molecular formula is C9H7N3O3. The molecule has 0 aliphatic carbocycles. The molecule has 6 nitrogen and oxygen atoms in total. The zero-order valence-electron chi connectivity index (χ0n) is 7.58. The van der Waals surface area contributed by atoms with Crippen LogP contribution in [0.5, 0.6) is 0 Å². The molecular weight excluding hydrogens is 198 g/mol. The number of anilines is 1. The summed E-state index contributed by atoms with van der Waals surface area (Å²) in [7, 11) is 0. The van der Waals surface area contributed by atoms with Crippen molar-refractivity contribution < 1.29 is 9.34 Å². The quantitative estimate of drug-likeness (QED) is 0.596. The van der Waals surface area contributed by atoms with Crippen LogP contribution in [0.1, 0.15) is 0 Å². The summed E-state index contributed by atoms with van der Waals surface area (Å²) >= 11 is 0. The van der Waals surface area contributed by atoms with Gasteiger partial charge < -0.3 is 10.2 Å². The number of nitrogens with zero attached hydrogens (tertiary/aromatic N) is 2. The summed E-state index contributed by atoms with van der Waals surface area (Å²) in [6.07, 6.45) is 1.36. The third-order valence-corrected chi connectivity index (χ3v) is 1.87. The van der Waals surface area contributed by atoms with Gasteiger partial charge >= 0.3 is 0 Å². The van der Waals surface area contributed by atoms with Gasteiger partial charge in [-0.05, 0) is 0 Å². The van der Waals surface area contributed by atoms with Crippen LogP contribution in [-0.4, -0.2) is 9.91 Å². The minimum absolute atomic E-state index is 0.00840. The number of oxazole rings is 1. The van der Waals surface area contributed by atoms with Gasteiger partial charge in [-0.3, -0.25) is 10.1 Å². The number of non-ortho nitro benzene ring substituents is 1. The molecule has 0 spiro atoms. The zero-order valence-corrected chi connectivity index (χ0v) is 7.58. The third kappa shape index (κ3) is 1.78. The fraction of sp³-hybridized carbons (Fsp3) is 0. The summed E-state index contributed by atoms with van der Waals surface area (Å²) in [5, 5.41) is 10.5. The third-order valence-electron chi connectivity index (χ3n) is 1.87. The molecule has 0 unspecified atom stereocenters. The molecule has 6 heteroatoms. The highest BCUT2D eigenvalue weighted by Crippen LogP contribution is 2.23. The Bertz CT molecular complexity index is 507. The lowest BCUT2D eigenvalue weighted by Crippen LogP contribution is -1.88. The molecule has 2 aromatic rings. The van der Waals surface area contributed by atoms with E-state index in [0.29, 0.717) is 11.3 Å². The van der Waals surface area contributed by atoms with E-state index < -0.39 is 4.92 Å². The van der Waals surface area contributed by atoms with Crippen LogP contribution in [0.25, 0.3) is 11.3 Å². The first kappa shape index (κ1) is 9.20. The number of rotatable bonds is 2. The second-order valence-corrected chi connectivity index (χ2v) is 2.88. The van der Waals surface area contributed by atoms with E-state index in [1.807, 2.05) is 0 Å². The van der Waals surface area contributed by atoms with Crippen LogP contribution >= 0.6 is 0 Å². The van der Waals surface area contributed by atoms with Gasteiger partial charge in [-0.2, -0.15) is 4.98 Å². The van der Waals surface area contributed by atoms with Crippen molar-refractivity contribution in [1.29, 1.82) is 0 Å². The van der Waals surface area contributed by atoms with Crippen molar-refractivity contribution in [2.45, 2.75) is 0 Å². The molecule has 76 valence electrons. The van der Waals surface area contributed by atoms with Crippen LogP contribution in [0.2, 0.25) is 0 Å². The maximum atomic E-state index is 10.5. The van der Waals surface area contributed by atoms with E-state index in [4.69, 9.17) is 10.2 Å². The van der Waals surface area contributed by atoms with Crippen LogP contribution in [0, 0.1) is 10.1 Å². The maximum Gasteiger partial charge on any atom is 0.292 e. The van der Waals surface area contributed by atoms with E-state index in [0.717, 1.165) is 0 Å². The number of nitrogen functional groups attached to an aromatic ring is 1. The van der Waals surface area contributed by atoms with Gasteiger partial charge in [-0.15, -0.1) is 0 Å². The number of nitro benzene ring substituents is 1. The second-order valence-electron chi connectivity index (χ2n) is 2.88.